The van der Waals surface area contributed by atoms with Crippen molar-refractivity contribution in [3.63, 3.8) is 0 Å². The molecule has 1 atom stereocenters. The van der Waals surface area contributed by atoms with Gasteiger partial charge >= 0.3 is 5.97 Å². The third kappa shape index (κ3) is 5.73. The van der Waals surface area contributed by atoms with E-state index in [2.05, 4.69) is 64.3 Å². The number of halogens is 1. The standard InChI is InChI=1S/C26H29BrN4O3S/c1-5-13-33-24(32)22-17(4)28-25-29-26(35-6-2)30-31(25)23(22)20-14-19(27)11-12-21(20)34-15-18-9-7-16(3)8-10-18/h7-12,14,23H,5-6,13,15H2,1-4H3,(H,28,29,30). The lowest BCUT2D eigenvalue weighted by atomic mass is 9.95. The van der Waals surface area contributed by atoms with E-state index in [1.165, 1.54) is 5.56 Å². The minimum Gasteiger partial charge on any atom is -0.489 e. The molecule has 184 valence electrons. The number of nitrogens with one attached hydrogen (secondary N) is 1. The van der Waals surface area contributed by atoms with Gasteiger partial charge in [-0.2, -0.15) is 4.98 Å². The first-order valence-corrected chi connectivity index (χ1v) is 13.4. The fourth-order valence-corrected chi connectivity index (χ4v) is 4.79. The highest BCUT2D eigenvalue weighted by Gasteiger charge is 2.37. The highest BCUT2D eigenvalue weighted by molar-refractivity contribution is 9.10. The van der Waals surface area contributed by atoms with Gasteiger partial charge in [0.25, 0.3) is 0 Å². The second-order valence-corrected chi connectivity index (χ2v) is 10.4. The van der Waals surface area contributed by atoms with Crippen molar-refractivity contribution >= 4 is 39.6 Å². The Morgan fingerprint density at radius 3 is 2.66 bits per heavy atom. The molecule has 35 heavy (non-hydrogen) atoms. The minimum absolute atomic E-state index is 0.346. The summed E-state index contributed by atoms with van der Waals surface area (Å²) in [4.78, 5) is 17.9. The van der Waals surface area contributed by atoms with E-state index in [0.29, 0.717) is 41.3 Å². The maximum atomic E-state index is 13.3. The third-order valence-electron chi connectivity index (χ3n) is 5.55. The topological polar surface area (TPSA) is 78.3 Å². The zero-order valence-electron chi connectivity index (χ0n) is 20.3. The Balaban J connectivity index is 1.78. The van der Waals surface area contributed by atoms with Gasteiger partial charge in [-0.3, -0.25) is 0 Å². The van der Waals surface area contributed by atoms with Crippen LogP contribution in [0, 0.1) is 6.92 Å². The van der Waals surface area contributed by atoms with E-state index in [-0.39, 0.29) is 5.97 Å². The van der Waals surface area contributed by atoms with Crippen molar-refractivity contribution < 1.29 is 14.3 Å². The molecule has 1 aromatic heterocycles. The van der Waals surface area contributed by atoms with E-state index in [1.54, 1.807) is 16.4 Å². The Morgan fingerprint density at radius 1 is 1.17 bits per heavy atom. The van der Waals surface area contributed by atoms with Crippen LogP contribution in [0.3, 0.4) is 0 Å². The number of benzene rings is 2. The van der Waals surface area contributed by atoms with Crippen LogP contribution in [0.2, 0.25) is 0 Å². The van der Waals surface area contributed by atoms with E-state index in [1.807, 2.05) is 32.0 Å². The molecule has 0 saturated carbocycles. The summed E-state index contributed by atoms with van der Waals surface area (Å²) in [6.45, 7) is 8.70. The average molecular weight is 558 g/mol. The molecule has 9 heteroatoms. The molecule has 7 nitrogen and oxygen atoms in total. The van der Waals surface area contributed by atoms with Crippen LogP contribution in [0.25, 0.3) is 0 Å². The summed E-state index contributed by atoms with van der Waals surface area (Å²) >= 11 is 5.15. The van der Waals surface area contributed by atoms with Crippen LogP contribution >= 0.6 is 27.7 Å². The molecule has 0 amide bonds. The van der Waals surface area contributed by atoms with Crippen molar-refractivity contribution in [2.45, 2.75) is 51.9 Å². The van der Waals surface area contributed by atoms with Gasteiger partial charge in [0.15, 0.2) is 0 Å². The molecule has 1 aliphatic rings. The summed E-state index contributed by atoms with van der Waals surface area (Å²) in [5.74, 6) is 1.71. The number of ether oxygens (including phenoxy) is 2. The van der Waals surface area contributed by atoms with Crippen LogP contribution in [-0.4, -0.2) is 33.1 Å². The summed E-state index contributed by atoms with van der Waals surface area (Å²) in [5, 5.41) is 8.63. The van der Waals surface area contributed by atoms with Crippen LogP contribution in [-0.2, 0) is 16.1 Å². The number of hydrogen-bond donors (Lipinski definition) is 1. The molecule has 0 spiro atoms. The number of rotatable bonds is 9. The second-order valence-electron chi connectivity index (χ2n) is 8.25. The van der Waals surface area contributed by atoms with Crippen molar-refractivity contribution in [1.29, 1.82) is 0 Å². The van der Waals surface area contributed by atoms with Crippen molar-refractivity contribution in [3.8, 4) is 5.75 Å². The maximum absolute atomic E-state index is 13.3. The van der Waals surface area contributed by atoms with Crippen LogP contribution < -0.4 is 10.1 Å². The highest BCUT2D eigenvalue weighted by Crippen LogP contribution is 2.41. The van der Waals surface area contributed by atoms with E-state index in [4.69, 9.17) is 14.6 Å². The number of hydrogen-bond acceptors (Lipinski definition) is 7. The number of carbonyl (C=O) groups excluding carboxylic acids is 1. The smallest absolute Gasteiger partial charge is 0.338 e. The SMILES string of the molecule is CCCOC(=O)C1=C(C)Nc2nc(SCC)nn2C1c1cc(Br)ccc1OCc1ccc(C)cc1. The molecule has 0 radical (unpaired) electrons. The Labute approximate surface area is 218 Å². The monoisotopic (exact) mass is 556 g/mol. The van der Waals surface area contributed by atoms with Gasteiger partial charge in [-0.25, -0.2) is 9.48 Å². The lowest BCUT2D eigenvalue weighted by molar-refractivity contribution is -0.139. The van der Waals surface area contributed by atoms with Gasteiger partial charge < -0.3 is 14.8 Å². The molecule has 2 heterocycles. The van der Waals surface area contributed by atoms with Crippen LogP contribution in [0.15, 0.2) is 63.4 Å². The van der Waals surface area contributed by atoms with Crippen molar-refractivity contribution in [2.24, 2.45) is 0 Å². The summed E-state index contributed by atoms with van der Waals surface area (Å²) in [7, 11) is 0. The highest BCUT2D eigenvalue weighted by atomic mass is 79.9. The Kier molecular flexibility index (Phi) is 8.18. The van der Waals surface area contributed by atoms with E-state index in [0.717, 1.165) is 27.8 Å². The minimum atomic E-state index is -0.556. The summed E-state index contributed by atoms with van der Waals surface area (Å²) in [5.41, 5.74) is 4.24. The second kappa shape index (κ2) is 11.3. The van der Waals surface area contributed by atoms with Crippen molar-refractivity contribution in [2.75, 3.05) is 17.7 Å². The van der Waals surface area contributed by atoms with Gasteiger partial charge in [0.05, 0.1) is 12.2 Å². The van der Waals surface area contributed by atoms with Crippen LogP contribution in [0.1, 0.15) is 49.9 Å². The van der Waals surface area contributed by atoms with Gasteiger partial charge in [0.1, 0.15) is 18.4 Å². The summed E-state index contributed by atoms with van der Waals surface area (Å²) < 4.78 is 14.5. The van der Waals surface area contributed by atoms with Gasteiger partial charge in [-0.1, -0.05) is 71.4 Å². The lowest BCUT2D eigenvalue weighted by Crippen LogP contribution is -2.30. The molecule has 0 aliphatic carbocycles. The van der Waals surface area contributed by atoms with E-state index < -0.39 is 6.04 Å². The van der Waals surface area contributed by atoms with Crippen molar-refractivity contribution in [3.05, 3.63) is 74.9 Å². The lowest BCUT2D eigenvalue weighted by Gasteiger charge is -2.29. The third-order valence-corrected chi connectivity index (χ3v) is 6.76. The number of allylic oxidation sites excluding steroid dienone is 1. The molecule has 0 saturated heterocycles. The number of aromatic nitrogens is 3. The number of anilines is 1. The van der Waals surface area contributed by atoms with Gasteiger partial charge in [-0.15, -0.1) is 5.10 Å². The molecular weight excluding hydrogens is 528 g/mol. The predicted octanol–water partition coefficient (Wildman–Crippen LogP) is 6.28. The number of thioether (sulfide) groups is 1. The zero-order valence-corrected chi connectivity index (χ0v) is 22.7. The molecule has 4 rings (SSSR count). The molecule has 0 bridgehead atoms. The molecule has 3 aromatic rings. The molecule has 1 unspecified atom stereocenters. The van der Waals surface area contributed by atoms with Crippen LogP contribution in [0.5, 0.6) is 5.75 Å². The molecule has 1 N–H and O–H groups in total. The Morgan fingerprint density at radius 2 is 1.94 bits per heavy atom. The number of carbonyl (C=O) groups is 1. The maximum Gasteiger partial charge on any atom is 0.338 e. The number of nitrogens with zero attached hydrogens (tertiary/aromatic N) is 3. The first kappa shape index (κ1) is 25.3. The fourth-order valence-electron chi connectivity index (χ4n) is 3.86. The summed E-state index contributed by atoms with van der Waals surface area (Å²) in [6.07, 6.45) is 0.740. The fraction of sp³-hybridized carbons (Fsp3) is 0.346. The normalized spacial score (nSPS) is 14.9. The number of fused-ring (bicyclic) bond motifs is 1. The van der Waals surface area contributed by atoms with Crippen LogP contribution in [0.4, 0.5) is 5.95 Å². The Bertz CT molecular complexity index is 1240. The zero-order chi connectivity index (χ0) is 24.9. The average Bonchev–Trinajstić information content (AvgIpc) is 3.24. The summed E-state index contributed by atoms with van der Waals surface area (Å²) in [6, 6.07) is 13.5. The van der Waals surface area contributed by atoms with E-state index >= 15 is 0 Å². The molecule has 2 aromatic carbocycles. The first-order chi connectivity index (χ1) is 16.9. The number of aryl methyl sites for hydroxylation is 1. The van der Waals surface area contributed by atoms with E-state index in [9.17, 15) is 4.79 Å². The Hall–Kier alpha value is -2.78. The van der Waals surface area contributed by atoms with Gasteiger partial charge in [0, 0.05) is 15.7 Å². The number of esters is 1. The largest absolute Gasteiger partial charge is 0.489 e. The predicted molar refractivity (Wildman–Crippen MR) is 142 cm³/mol. The molecule has 0 fully saturated rings. The van der Waals surface area contributed by atoms with Gasteiger partial charge in [0.2, 0.25) is 11.1 Å². The molecular formula is C26H29BrN4O3S. The molecule has 1 aliphatic heterocycles. The first-order valence-electron chi connectivity index (χ1n) is 11.6. The quantitative estimate of drug-likeness (QED) is 0.245. The van der Waals surface area contributed by atoms with Gasteiger partial charge in [-0.05, 0) is 49.8 Å². The van der Waals surface area contributed by atoms with Crippen molar-refractivity contribution in [1.82, 2.24) is 14.8 Å².